The van der Waals surface area contributed by atoms with Crippen LogP contribution in [0.5, 0.6) is 0 Å². The van der Waals surface area contributed by atoms with Crippen molar-refractivity contribution in [2.75, 3.05) is 63.7 Å². The van der Waals surface area contributed by atoms with Gasteiger partial charge in [-0.05, 0) is 32.5 Å². The van der Waals surface area contributed by atoms with Crippen molar-refractivity contribution in [2.45, 2.75) is 32.4 Å². The monoisotopic (exact) mass is 394 g/mol. The van der Waals surface area contributed by atoms with Gasteiger partial charge in [0.2, 0.25) is 5.95 Å². The molecule has 0 bridgehead atoms. The minimum absolute atomic E-state index is 0.923. The van der Waals surface area contributed by atoms with Gasteiger partial charge >= 0.3 is 0 Å². The molecule has 1 fully saturated rings. The van der Waals surface area contributed by atoms with E-state index in [1.807, 2.05) is 0 Å². The Labute approximate surface area is 175 Å². The summed E-state index contributed by atoms with van der Waals surface area (Å²) in [5.74, 6) is 2.06. The lowest BCUT2D eigenvalue weighted by atomic mass is 10.0. The van der Waals surface area contributed by atoms with Gasteiger partial charge in [0.05, 0.1) is 5.69 Å². The summed E-state index contributed by atoms with van der Waals surface area (Å²) in [5.41, 5.74) is 3.93. The number of hydrogen-bond acceptors (Lipinski definition) is 6. The third-order valence-electron chi connectivity index (χ3n) is 5.99. The van der Waals surface area contributed by atoms with E-state index in [2.05, 4.69) is 71.1 Å². The molecule has 2 aliphatic heterocycles. The van der Waals surface area contributed by atoms with Gasteiger partial charge in [-0.25, -0.2) is 4.98 Å². The number of benzene rings is 1. The van der Waals surface area contributed by atoms with E-state index in [9.17, 15) is 0 Å². The van der Waals surface area contributed by atoms with E-state index in [0.717, 1.165) is 64.0 Å². The number of hydrogen-bond donors (Lipinski definition) is 0. The van der Waals surface area contributed by atoms with Gasteiger partial charge in [-0.15, -0.1) is 0 Å². The molecule has 0 N–H and O–H groups in total. The summed E-state index contributed by atoms with van der Waals surface area (Å²) in [6.07, 6.45) is 3.49. The van der Waals surface area contributed by atoms with Crippen LogP contribution >= 0.6 is 0 Å². The Morgan fingerprint density at radius 1 is 0.931 bits per heavy atom. The lowest BCUT2D eigenvalue weighted by molar-refractivity contribution is 0.243. The van der Waals surface area contributed by atoms with E-state index in [4.69, 9.17) is 9.97 Å². The van der Waals surface area contributed by atoms with Crippen LogP contribution in [0.15, 0.2) is 30.3 Å². The predicted octanol–water partition coefficient (Wildman–Crippen LogP) is 2.63. The molecule has 0 saturated carbocycles. The highest BCUT2D eigenvalue weighted by Gasteiger charge is 2.26. The molecule has 0 atom stereocenters. The van der Waals surface area contributed by atoms with Gasteiger partial charge in [-0.3, -0.25) is 4.90 Å². The fourth-order valence-electron chi connectivity index (χ4n) is 4.25. The first-order chi connectivity index (χ1) is 14.1. The second kappa shape index (κ2) is 9.09. The maximum atomic E-state index is 5.08. The first-order valence-corrected chi connectivity index (χ1v) is 10.9. The summed E-state index contributed by atoms with van der Waals surface area (Å²) in [4.78, 5) is 19.6. The fraction of sp³-hybridized carbons (Fsp3) is 0.565. The lowest BCUT2D eigenvalue weighted by Crippen LogP contribution is -2.36. The van der Waals surface area contributed by atoms with Crippen molar-refractivity contribution in [1.29, 1.82) is 0 Å². The van der Waals surface area contributed by atoms with E-state index in [-0.39, 0.29) is 0 Å². The molecule has 0 aliphatic carbocycles. The zero-order valence-electron chi connectivity index (χ0n) is 18.1. The van der Waals surface area contributed by atoms with Crippen LogP contribution in [0.25, 0.3) is 0 Å². The SMILES string of the molecule is CN(C)CCN(C)c1nc(N2CCCC2)nc2c1CN(Cc1ccccc1)CC2. The van der Waals surface area contributed by atoms with Crippen molar-refractivity contribution >= 4 is 11.8 Å². The van der Waals surface area contributed by atoms with Crippen LogP contribution in [0.4, 0.5) is 11.8 Å². The summed E-state index contributed by atoms with van der Waals surface area (Å²) in [7, 11) is 6.43. The molecule has 6 nitrogen and oxygen atoms in total. The molecule has 4 rings (SSSR count). The highest BCUT2D eigenvalue weighted by atomic mass is 15.3. The molecule has 1 saturated heterocycles. The lowest BCUT2D eigenvalue weighted by Gasteiger charge is -2.33. The van der Waals surface area contributed by atoms with Crippen molar-refractivity contribution in [3.8, 4) is 0 Å². The Kier molecular flexibility index (Phi) is 6.31. The van der Waals surface area contributed by atoms with E-state index in [1.165, 1.54) is 29.7 Å². The summed E-state index contributed by atoms with van der Waals surface area (Å²) in [6, 6.07) is 10.8. The molecule has 0 unspecified atom stereocenters. The van der Waals surface area contributed by atoms with Crippen LogP contribution in [0.2, 0.25) is 0 Å². The summed E-state index contributed by atoms with van der Waals surface area (Å²) in [5, 5.41) is 0. The fourth-order valence-corrected chi connectivity index (χ4v) is 4.25. The second-order valence-electron chi connectivity index (χ2n) is 8.64. The van der Waals surface area contributed by atoms with Crippen LogP contribution < -0.4 is 9.80 Å². The molecule has 2 aliphatic rings. The number of aromatic nitrogens is 2. The third-order valence-corrected chi connectivity index (χ3v) is 5.99. The summed E-state index contributed by atoms with van der Waals surface area (Å²) >= 11 is 0. The number of rotatable bonds is 7. The van der Waals surface area contributed by atoms with Crippen LogP contribution in [-0.2, 0) is 19.5 Å². The second-order valence-corrected chi connectivity index (χ2v) is 8.64. The zero-order valence-corrected chi connectivity index (χ0v) is 18.1. The molecule has 29 heavy (non-hydrogen) atoms. The van der Waals surface area contributed by atoms with Crippen LogP contribution in [0.3, 0.4) is 0 Å². The molecule has 0 amide bonds. The number of anilines is 2. The topological polar surface area (TPSA) is 38.7 Å². The van der Waals surface area contributed by atoms with Crippen LogP contribution in [0, 0.1) is 0 Å². The van der Waals surface area contributed by atoms with Crippen molar-refractivity contribution in [2.24, 2.45) is 0 Å². The van der Waals surface area contributed by atoms with Gasteiger partial charge < -0.3 is 14.7 Å². The average molecular weight is 395 g/mol. The summed E-state index contributed by atoms with van der Waals surface area (Å²) in [6.45, 7) is 7.11. The van der Waals surface area contributed by atoms with Gasteiger partial charge in [-0.2, -0.15) is 4.98 Å². The van der Waals surface area contributed by atoms with Crippen LogP contribution in [-0.4, -0.2) is 73.6 Å². The maximum absolute atomic E-state index is 5.08. The van der Waals surface area contributed by atoms with E-state index in [0.29, 0.717) is 0 Å². The third kappa shape index (κ3) is 4.87. The van der Waals surface area contributed by atoms with Gasteiger partial charge in [-0.1, -0.05) is 30.3 Å². The zero-order chi connectivity index (χ0) is 20.2. The first kappa shape index (κ1) is 20.1. The van der Waals surface area contributed by atoms with Gasteiger partial charge in [0.15, 0.2) is 0 Å². The number of fused-ring (bicyclic) bond motifs is 1. The molecule has 1 aromatic carbocycles. The molecule has 2 aromatic rings. The number of nitrogens with zero attached hydrogens (tertiary/aromatic N) is 6. The van der Waals surface area contributed by atoms with E-state index >= 15 is 0 Å². The van der Waals surface area contributed by atoms with Crippen LogP contribution in [0.1, 0.15) is 29.7 Å². The molecular weight excluding hydrogens is 360 g/mol. The highest BCUT2D eigenvalue weighted by molar-refractivity contribution is 5.54. The molecule has 1 aromatic heterocycles. The largest absolute Gasteiger partial charge is 0.358 e. The normalized spacial score (nSPS) is 17.0. The minimum Gasteiger partial charge on any atom is -0.358 e. The van der Waals surface area contributed by atoms with Crippen molar-refractivity contribution in [1.82, 2.24) is 19.8 Å². The number of likely N-dealkylation sites (N-methyl/N-ethyl adjacent to an activating group) is 2. The smallest absolute Gasteiger partial charge is 0.227 e. The molecule has 0 radical (unpaired) electrons. The predicted molar refractivity (Wildman–Crippen MR) is 120 cm³/mol. The Morgan fingerprint density at radius 2 is 1.69 bits per heavy atom. The van der Waals surface area contributed by atoms with Crippen molar-refractivity contribution in [3.05, 3.63) is 47.2 Å². The first-order valence-electron chi connectivity index (χ1n) is 10.9. The standard InChI is InChI=1S/C23H34N6/c1-26(2)15-16-27(3)22-20-18-28(17-19-9-5-4-6-10-19)14-11-21(20)24-23(25-22)29-12-7-8-13-29/h4-6,9-10H,7-8,11-18H2,1-3H3. The van der Waals surface area contributed by atoms with E-state index in [1.54, 1.807) is 0 Å². The quantitative estimate of drug-likeness (QED) is 0.719. The van der Waals surface area contributed by atoms with Crippen molar-refractivity contribution in [3.63, 3.8) is 0 Å². The average Bonchev–Trinajstić information content (AvgIpc) is 3.27. The van der Waals surface area contributed by atoms with Gasteiger partial charge in [0, 0.05) is 64.8 Å². The minimum atomic E-state index is 0.923. The molecule has 6 heteroatoms. The Hall–Kier alpha value is -2.18. The molecular formula is C23H34N6. The Bertz CT molecular complexity index is 801. The Balaban J connectivity index is 1.60. The summed E-state index contributed by atoms with van der Waals surface area (Å²) < 4.78 is 0. The Morgan fingerprint density at radius 3 is 2.41 bits per heavy atom. The van der Waals surface area contributed by atoms with Gasteiger partial charge in [0.1, 0.15) is 5.82 Å². The highest BCUT2D eigenvalue weighted by Crippen LogP contribution is 2.30. The molecule has 0 spiro atoms. The van der Waals surface area contributed by atoms with Crippen molar-refractivity contribution < 1.29 is 0 Å². The van der Waals surface area contributed by atoms with Gasteiger partial charge in [0.25, 0.3) is 0 Å². The molecule has 156 valence electrons. The van der Waals surface area contributed by atoms with E-state index < -0.39 is 0 Å². The molecule has 3 heterocycles. The maximum Gasteiger partial charge on any atom is 0.227 e.